The number of alkyl halides is 5. The number of hydrogen-bond donors (Lipinski definition) is 2. The summed E-state index contributed by atoms with van der Waals surface area (Å²) in [5.74, 6) is -1.04. The van der Waals surface area contributed by atoms with Crippen molar-refractivity contribution in [1.29, 1.82) is 0 Å². The molecule has 23 heavy (non-hydrogen) atoms. The molecule has 5 nitrogen and oxygen atoms in total. The largest absolute Gasteiger partial charge is 0.434 e. The molecule has 10 heteroatoms. The van der Waals surface area contributed by atoms with Gasteiger partial charge in [0.25, 0.3) is 0 Å². The Labute approximate surface area is 128 Å². The first-order valence-corrected chi connectivity index (χ1v) is 6.37. The number of anilines is 1. The molecule has 0 aliphatic rings. The van der Waals surface area contributed by atoms with Crippen LogP contribution < -0.4 is 10.1 Å². The zero-order valence-electron chi connectivity index (χ0n) is 12.2. The molecule has 130 valence electrons. The van der Waals surface area contributed by atoms with Gasteiger partial charge in [0, 0.05) is 12.7 Å². The fraction of sp³-hybridized carbons (Fsp3) is 0.462. The van der Waals surface area contributed by atoms with Gasteiger partial charge in [-0.15, -0.1) is 0 Å². The average molecular weight is 342 g/mol. The summed E-state index contributed by atoms with van der Waals surface area (Å²) in [4.78, 5) is 12.9. The zero-order valence-corrected chi connectivity index (χ0v) is 12.2. The topological polar surface area (TPSA) is 61.8 Å². The van der Waals surface area contributed by atoms with Gasteiger partial charge in [0.05, 0.1) is 18.2 Å². The number of halogens is 5. The summed E-state index contributed by atoms with van der Waals surface area (Å²) in [7, 11) is 1.34. The van der Waals surface area contributed by atoms with Gasteiger partial charge in [0.2, 0.25) is 0 Å². The van der Waals surface area contributed by atoms with Crippen LogP contribution in [0.3, 0.4) is 0 Å². The summed E-state index contributed by atoms with van der Waals surface area (Å²) in [6, 6.07) is 0.871. The monoisotopic (exact) mass is 342 g/mol. The zero-order chi connectivity index (χ0) is 17.8. The molecule has 0 aliphatic heterocycles. The third-order valence-corrected chi connectivity index (χ3v) is 3.00. The molecule has 0 aliphatic carbocycles. The number of nitrogens with zero attached hydrogens (tertiary/aromatic N) is 1. The van der Waals surface area contributed by atoms with Gasteiger partial charge in [-0.25, -0.2) is 4.79 Å². The van der Waals surface area contributed by atoms with E-state index in [0.29, 0.717) is 12.1 Å². The lowest BCUT2D eigenvalue weighted by Crippen LogP contribution is -2.40. The number of nitrogens with one attached hydrogen (secondary N) is 1. The van der Waals surface area contributed by atoms with Crippen LogP contribution in [0.2, 0.25) is 0 Å². The third kappa shape index (κ3) is 5.23. The number of hydrogen-bond acceptors (Lipinski definition) is 3. The molecule has 0 saturated carbocycles. The second-order valence-electron chi connectivity index (χ2n) is 4.66. The number of amides is 2. The lowest BCUT2D eigenvalue weighted by Gasteiger charge is -2.23. The Kier molecular flexibility index (Phi) is 6.13. The summed E-state index contributed by atoms with van der Waals surface area (Å²) in [6.45, 7) is -2.22. The molecule has 0 aromatic heterocycles. The van der Waals surface area contributed by atoms with E-state index < -0.39 is 36.2 Å². The van der Waals surface area contributed by atoms with Crippen LogP contribution in [-0.4, -0.2) is 42.3 Å². The average Bonchev–Trinajstić information content (AvgIpc) is 2.45. The number of urea groups is 1. The van der Waals surface area contributed by atoms with E-state index in [0.717, 1.165) is 11.0 Å². The Morgan fingerprint density at radius 3 is 2.48 bits per heavy atom. The van der Waals surface area contributed by atoms with Crippen molar-refractivity contribution in [2.24, 2.45) is 0 Å². The van der Waals surface area contributed by atoms with E-state index >= 15 is 0 Å². The van der Waals surface area contributed by atoms with Gasteiger partial charge in [0.15, 0.2) is 0 Å². The summed E-state index contributed by atoms with van der Waals surface area (Å²) >= 11 is 0. The number of carbonyl (C=O) groups is 1. The Balaban J connectivity index is 3.04. The SMILES string of the molecule is C[C@H](CO)N(C)C(=O)Nc1ccc(OC(F)F)c(C(F)(F)F)c1. The first kappa shape index (κ1) is 18.9. The summed E-state index contributed by atoms with van der Waals surface area (Å²) in [5, 5.41) is 11.1. The molecule has 0 heterocycles. The Morgan fingerprint density at radius 1 is 1.39 bits per heavy atom. The number of ether oxygens (including phenoxy) is 1. The van der Waals surface area contributed by atoms with Crippen LogP contribution in [0.25, 0.3) is 0 Å². The highest BCUT2D eigenvalue weighted by Gasteiger charge is 2.35. The van der Waals surface area contributed by atoms with Crippen molar-refractivity contribution < 1.29 is 36.6 Å². The molecule has 1 aromatic rings. The van der Waals surface area contributed by atoms with Crippen LogP contribution in [0.5, 0.6) is 5.75 Å². The predicted octanol–water partition coefficient (Wildman–Crippen LogP) is 3.15. The fourth-order valence-electron chi connectivity index (χ4n) is 1.56. The van der Waals surface area contributed by atoms with Crippen molar-refractivity contribution in [3.05, 3.63) is 23.8 Å². The normalized spacial score (nSPS) is 12.9. The molecule has 2 N–H and O–H groups in total. The molecule has 0 spiro atoms. The van der Waals surface area contributed by atoms with Crippen molar-refractivity contribution in [3.8, 4) is 5.75 Å². The lowest BCUT2D eigenvalue weighted by molar-refractivity contribution is -0.141. The van der Waals surface area contributed by atoms with Crippen LogP contribution in [0.1, 0.15) is 12.5 Å². The van der Waals surface area contributed by atoms with E-state index in [2.05, 4.69) is 10.1 Å². The molecular weight excluding hydrogens is 327 g/mol. The number of aliphatic hydroxyl groups excluding tert-OH is 1. The van der Waals surface area contributed by atoms with Gasteiger partial charge in [-0.1, -0.05) is 0 Å². The van der Waals surface area contributed by atoms with Crippen LogP contribution in [0.15, 0.2) is 18.2 Å². The van der Waals surface area contributed by atoms with Gasteiger partial charge in [-0.05, 0) is 25.1 Å². The maximum atomic E-state index is 12.9. The van der Waals surface area contributed by atoms with Gasteiger partial charge in [-0.3, -0.25) is 0 Å². The standard InChI is InChI=1S/C13H15F5N2O3/c1-7(6-21)20(2)12(22)19-8-3-4-10(23-11(14)15)9(5-8)13(16,17)18/h3-5,7,11,21H,6H2,1-2H3,(H,19,22)/t7-/m1/s1. The second-order valence-corrected chi connectivity index (χ2v) is 4.66. The highest BCUT2D eigenvalue weighted by atomic mass is 19.4. The third-order valence-electron chi connectivity index (χ3n) is 3.00. The van der Waals surface area contributed by atoms with Gasteiger partial charge >= 0.3 is 18.8 Å². The number of likely N-dealkylation sites (N-methyl/N-ethyl adjacent to an activating group) is 1. The van der Waals surface area contributed by atoms with E-state index in [1.54, 1.807) is 0 Å². The minimum atomic E-state index is -4.94. The van der Waals surface area contributed by atoms with E-state index in [-0.39, 0.29) is 12.3 Å². The molecule has 0 saturated heterocycles. The molecule has 0 bridgehead atoms. The van der Waals surface area contributed by atoms with E-state index in [4.69, 9.17) is 5.11 Å². The maximum Gasteiger partial charge on any atom is 0.420 e. The predicted molar refractivity (Wildman–Crippen MR) is 71.4 cm³/mol. The summed E-state index contributed by atoms with van der Waals surface area (Å²) < 4.78 is 66.7. The van der Waals surface area contributed by atoms with Gasteiger partial charge in [-0.2, -0.15) is 22.0 Å². The van der Waals surface area contributed by atoms with E-state index in [1.165, 1.54) is 14.0 Å². The van der Waals surface area contributed by atoms with Crippen molar-refractivity contribution in [3.63, 3.8) is 0 Å². The Morgan fingerprint density at radius 2 is 2.00 bits per heavy atom. The quantitative estimate of drug-likeness (QED) is 0.808. The van der Waals surface area contributed by atoms with Crippen molar-refractivity contribution >= 4 is 11.7 Å². The first-order chi connectivity index (χ1) is 10.6. The van der Waals surface area contributed by atoms with Crippen LogP contribution in [0, 0.1) is 0 Å². The smallest absolute Gasteiger partial charge is 0.420 e. The molecule has 0 unspecified atom stereocenters. The highest BCUT2D eigenvalue weighted by Crippen LogP contribution is 2.38. The van der Waals surface area contributed by atoms with Crippen molar-refractivity contribution in [1.82, 2.24) is 4.90 Å². The summed E-state index contributed by atoms with van der Waals surface area (Å²) in [5.41, 5.74) is -1.69. The minimum Gasteiger partial charge on any atom is -0.434 e. The fourth-order valence-corrected chi connectivity index (χ4v) is 1.56. The Bertz CT molecular complexity index is 551. The van der Waals surface area contributed by atoms with Gasteiger partial charge < -0.3 is 20.1 Å². The van der Waals surface area contributed by atoms with Crippen molar-refractivity contribution in [2.75, 3.05) is 19.0 Å². The molecule has 2 amide bonds. The lowest BCUT2D eigenvalue weighted by atomic mass is 10.1. The molecule has 0 radical (unpaired) electrons. The van der Waals surface area contributed by atoms with Crippen LogP contribution in [-0.2, 0) is 6.18 Å². The molecular formula is C13H15F5N2O3. The van der Waals surface area contributed by atoms with Crippen LogP contribution >= 0.6 is 0 Å². The van der Waals surface area contributed by atoms with E-state index in [1.807, 2.05) is 0 Å². The highest BCUT2D eigenvalue weighted by molar-refractivity contribution is 5.89. The molecule has 1 aromatic carbocycles. The maximum absolute atomic E-state index is 12.9. The first-order valence-electron chi connectivity index (χ1n) is 6.37. The number of carbonyl (C=O) groups excluding carboxylic acids is 1. The summed E-state index contributed by atoms with van der Waals surface area (Å²) in [6.07, 6.45) is -4.94. The van der Waals surface area contributed by atoms with Crippen molar-refractivity contribution in [2.45, 2.75) is 25.8 Å². The van der Waals surface area contributed by atoms with Gasteiger partial charge in [0.1, 0.15) is 5.75 Å². The Hall–Kier alpha value is -2.10. The molecule has 1 rings (SSSR count). The van der Waals surface area contributed by atoms with E-state index in [9.17, 15) is 26.7 Å². The molecule has 1 atom stereocenters. The number of benzene rings is 1. The number of aliphatic hydroxyl groups is 1. The van der Waals surface area contributed by atoms with Crippen LogP contribution in [0.4, 0.5) is 32.4 Å². The minimum absolute atomic E-state index is 0.249. The molecule has 0 fully saturated rings. The second kappa shape index (κ2) is 7.44. The number of rotatable bonds is 5.